The van der Waals surface area contributed by atoms with Crippen molar-refractivity contribution < 1.29 is 13.2 Å². The fraction of sp³-hybridized carbons (Fsp3) is 0.455. The molecule has 1 saturated heterocycles. The fourth-order valence-electron chi connectivity index (χ4n) is 1.94. The van der Waals surface area contributed by atoms with Gasteiger partial charge in [-0.15, -0.1) is 25.3 Å². The third kappa shape index (κ3) is 2.89. The molecule has 2 nitrogen and oxygen atoms in total. The summed E-state index contributed by atoms with van der Waals surface area (Å²) in [7, 11) is 0. The largest absolute Gasteiger partial charge is 0.369 e. The summed E-state index contributed by atoms with van der Waals surface area (Å²) in [5.74, 6) is -3.74. The Hall–Kier alpha value is -0.530. The van der Waals surface area contributed by atoms with Crippen LogP contribution in [-0.4, -0.2) is 35.8 Å². The number of anilines is 1. The highest BCUT2D eigenvalue weighted by Crippen LogP contribution is 2.23. The molecule has 0 atom stereocenters. The van der Waals surface area contributed by atoms with Crippen LogP contribution in [0.5, 0.6) is 0 Å². The lowest BCUT2D eigenvalue weighted by Gasteiger charge is -2.37. The molecule has 100 valence electrons. The molecule has 0 N–H and O–H groups in total. The number of thiol groups is 2. The normalized spacial score (nSPS) is 17.6. The van der Waals surface area contributed by atoms with Gasteiger partial charge in [-0.3, -0.25) is 4.90 Å². The molecule has 1 aromatic rings. The predicted molar refractivity (Wildman–Crippen MR) is 71.9 cm³/mol. The Bertz CT molecular complexity index is 411. The van der Waals surface area contributed by atoms with E-state index in [9.17, 15) is 13.2 Å². The summed E-state index contributed by atoms with van der Waals surface area (Å²) < 4.78 is 39.0. The van der Waals surface area contributed by atoms with Gasteiger partial charge in [0.1, 0.15) is 0 Å². The maximum Gasteiger partial charge on any atom is 0.194 e. The molecule has 0 radical (unpaired) electrons. The number of halogens is 3. The summed E-state index contributed by atoms with van der Waals surface area (Å²) in [6.07, 6.45) is 0. The van der Waals surface area contributed by atoms with Crippen molar-refractivity contribution in [2.24, 2.45) is 0 Å². The summed E-state index contributed by atoms with van der Waals surface area (Å²) in [4.78, 5) is 3.84. The van der Waals surface area contributed by atoms with E-state index < -0.39 is 17.5 Å². The molecule has 2 rings (SSSR count). The van der Waals surface area contributed by atoms with Gasteiger partial charge < -0.3 is 4.90 Å². The quantitative estimate of drug-likeness (QED) is 0.491. The Morgan fingerprint density at radius 2 is 1.44 bits per heavy atom. The van der Waals surface area contributed by atoms with Crippen molar-refractivity contribution in [1.29, 1.82) is 0 Å². The number of hydrogen-bond acceptors (Lipinski definition) is 4. The van der Waals surface area contributed by atoms with Crippen molar-refractivity contribution in [3.05, 3.63) is 29.6 Å². The zero-order valence-corrected chi connectivity index (χ0v) is 11.3. The van der Waals surface area contributed by atoms with Crippen LogP contribution in [0.3, 0.4) is 0 Å². The van der Waals surface area contributed by atoms with Gasteiger partial charge in [-0.25, -0.2) is 13.2 Å². The summed E-state index contributed by atoms with van der Waals surface area (Å²) in [5, 5.41) is 0. The maximum absolute atomic E-state index is 13.1. The molecule has 0 aliphatic carbocycles. The van der Waals surface area contributed by atoms with Crippen LogP contribution in [0.1, 0.15) is 0 Å². The van der Waals surface area contributed by atoms with Gasteiger partial charge in [0, 0.05) is 44.0 Å². The first-order chi connectivity index (χ1) is 8.49. The van der Waals surface area contributed by atoms with Crippen LogP contribution in [0.15, 0.2) is 12.1 Å². The molecule has 0 bridgehead atoms. The number of benzene rings is 1. The molecular formula is C11H13F3N2S2. The third-order valence-electron chi connectivity index (χ3n) is 2.97. The van der Waals surface area contributed by atoms with E-state index in [2.05, 4.69) is 25.3 Å². The smallest absolute Gasteiger partial charge is 0.194 e. The van der Waals surface area contributed by atoms with Gasteiger partial charge in [-0.05, 0) is 0 Å². The highest BCUT2D eigenvalue weighted by Gasteiger charge is 2.21. The molecule has 0 unspecified atom stereocenters. The van der Waals surface area contributed by atoms with Gasteiger partial charge >= 0.3 is 0 Å². The Morgan fingerprint density at radius 1 is 0.944 bits per heavy atom. The first-order valence-electron chi connectivity index (χ1n) is 5.48. The Labute approximate surface area is 115 Å². The van der Waals surface area contributed by atoms with Crippen molar-refractivity contribution >= 4 is 30.9 Å². The van der Waals surface area contributed by atoms with Crippen molar-refractivity contribution in [3.63, 3.8) is 0 Å². The van der Waals surface area contributed by atoms with Gasteiger partial charge in [-0.1, -0.05) is 0 Å². The molecule has 1 heterocycles. The van der Waals surface area contributed by atoms with E-state index in [1.54, 1.807) is 0 Å². The van der Waals surface area contributed by atoms with Gasteiger partial charge in [0.05, 0.1) is 4.71 Å². The average Bonchev–Trinajstić information content (AvgIpc) is 2.35. The zero-order valence-electron chi connectivity index (χ0n) is 9.48. The second-order valence-electron chi connectivity index (χ2n) is 4.09. The average molecular weight is 294 g/mol. The highest BCUT2D eigenvalue weighted by atomic mass is 32.2. The monoisotopic (exact) mass is 294 g/mol. The van der Waals surface area contributed by atoms with E-state index in [1.165, 1.54) is 0 Å². The fourth-order valence-corrected chi connectivity index (χ4v) is 2.40. The molecule has 7 heteroatoms. The van der Waals surface area contributed by atoms with Crippen LogP contribution >= 0.6 is 25.3 Å². The summed E-state index contributed by atoms with van der Waals surface area (Å²) in [5.41, 5.74) is 0.362. The van der Waals surface area contributed by atoms with Crippen molar-refractivity contribution in [2.45, 2.75) is 4.71 Å². The second-order valence-corrected chi connectivity index (χ2v) is 5.48. The molecule has 0 amide bonds. The highest BCUT2D eigenvalue weighted by molar-refractivity contribution is 7.99. The summed E-state index contributed by atoms with van der Waals surface area (Å²) in [6, 6.07) is 2.04. The summed E-state index contributed by atoms with van der Waals surface area (Å²) in [6.45, 7) is 2.58. The zero-order chi connectivity index (χ0) is 13.3. The molecule has 18 heavy (non-hydrogen) atoms. The molecule has 0 aromatic heterocycles. The molecule has 1 aliphatic rings. The van der Waals surface area contributed by atoms with Crippen LogP contribution in [0.2, 0.25) is 0 Å². The topological polar surface area (TPSA) is 6.48 Å². The van der Waals surface area contributed by atoms with E-state index in [1.807, 2.05) is 9.80 Å². The number of hydrogen-bond donors (Lipinski definition) is 2. The van der Waals surface area contributed by atoms with E-state index in [4.69, 9.17) is 0 Å². The summed E-state index contributed by atoms with van der Waals surface area (Å²) >= 11 is 8.41. The van der Waals surface area contributed by atoms with Crippen molar-refractivity contribution in [2.75, 3.05) is 31.1 Å². The van der Waals surface area contributed by atoms with Crippen LogP contribution < -0.4 is 4.90 Å². The SMILES string of the molecule is Fc1cc(N2CCN(C(S)S)CC2)cc(F)c1F. The number of piperazine rings is 1. The lowest BCUT2D eigenvalue weighted by atomic mass is 10.2. The number of nitrogens with zero attached hydrogens (tertiary/aromatic N) is 2. The molecule has 1 fully saturated rings. The lowest BCUT2D eigenvalue weighted by molar-refractivity contribution is 0.287. The predicted octanol–water partition coefficient (Wildman–Crippen LogP) is 2.37. The first kappa shape index (κ1) is 13.9. The third-order valence-corrected chi connectivity index (χ3v) is 3.63. The van der Waals surface area contributed by atoms with E-state index in [0.717, 1.165) is 12.1 Å². The van der Waals surface area contributed by atoms with Gasteiger partial charge in [0.2, 0.25) is 0 Å². The second kappa shape index (κ2) is 5.63. The van der Waals surface area contributed by atoms with Gasteiger partial charge in [0.15, 0.2) is 17.5 Å². The van der Waals surface area contributed by atoms with Gasteiger partial charge in [-0.2, -0.15) is 0 Å². The standard InChI is InChI=1S/C11H13F3N2S2/c12-8-5-7(6-9(13)10(8)14)15-1-3-16(4-2-15)11(17)18/h5-6,11,17-18H,1-4H2. The van der Waals surface area contributed by atoms with Crippen LogP contribution in [-0.2, 0) is 0 Å². The minimum absolute atomic E-state index is 0.145. The molecule has 1 aliphatic heterocycles. The molecule has 1 aromatic carbocycles. The molecule has 0 saturated carbocycles. The van der Waals surface area contributed by atoms with Crippen LogP contribution in [0.25, 0.3) is 0 Å². The van der Waals surface area contributed by atoms with Crippen molar-refractivity contribution in [3.8, 4) is 0 Å². The maximum atomic E-state index is 13.1. The van der Waals surface area contributed by atoms with E-state index in [0.29, 0.717) is 31.9 Å². The first-order valence-corrected chi connectivity index (χ1v) is 6.52. The lowest BCUT2D eigenvalue weighted by Crippen LogP contribution is -2.47. The Morgan fingerprint density at radius 3 is 1.89 bits per heavy atom. The van der Waals surface area contributed by atoms with Crippen LogP contribution in [0, 0.1) is 17.5 Å². The van der Waals surface area contributed by atoms with Crippen molar-refractivity contribution in [1.82, 2.24) is 4.90 Å². The molecular weight excluding hydrogens is 281 g/mol. The van der Waals surface area contributed by atoms with E-state index >= 15 is 0 Å². The van der Waals surface area contributed by atoms with Crippen LogP contribution in [0.4, 0.5) is 18.9 Å². The molecule has 0 spiro atoms. The minimum Gasteiger partial charge on any atom is -0.369 e. The Kier molecular flexibility index (Phi) is 4.34. The minimum atomic E-state index is -1.43. The Balaban J connectivity index is 2.10. The van der Waals surface area contributed by atoms with E-state index in [-0.39, 0.29) is 4.71 Å². The number of rotatable bonds is 2. The van der Waals surface area contributed by atoms with Gasteiger partial charge in [0.25, 0.3) is 0 Å².